The molecular weight excluding hydrogens is 298 g/mol. The van der Waals surface area contributed by atoms with Crippen molar-refractivity contribution >= 4 is 17.7 Å². The summed E-state index contributed by atoms with van der Waals surface area (Å²) < 4.78 is 5.44. The first-order valence-electron chi connectivity index (χ1n) is 7.92. The Kier molecular flexibility index (Phi) is 5.06. The van der Waals surface area contributed by atoms with E-state index in [4.69, 9.17) is 16.3 Å². The number of halogens is 1. The number of hydrogen-bond acceptors (Lipinski definition) is 2. The Bertz CT molecular complexity index is 532. The van der Waals surface area contributed by atoms with Gasteiger partial charge in [-0.15, -0.1) is 0 Å². The number of rotatable bonds is 1. The number of carbonyl (C=O) groups is 1. The Balaban J connectivity index is 1.99. The molecule has 0 unspecified atom stereocenters. The third-order valence-corrected chi connectivity index (χ3v) is 4.67. The normalized spacial score (nSPS) is 16.7. The van der Waals surface area contributed by atoms with Crippen molar-refractivity contribution in [1.29, 1.82) is 0 Å². The van der Waals surface area contributed by atoms with Gasteiger partial charge in [0.25, 0.3) is 0 Å². The highest BCUT2D eigenvalue weighted by Gasteiger charge is 2.27. The van der Waals surface area contributed by atoms with E-state index in [1.807, 2.05) is 25.7 Å². The summed E-state index contributed by atoms with van der Waals surface area (Å²) >= 11 is 6.25. The van der Waals surface area contributed by atoms with Gasteiger partial charge >= 0.3 is 6.09 Å². The molecule has 1 saturated heterocycles. The number of aryl methyl sites for hydroxylation is 2. The van der Waals surface area contributed by atoms with Crippen molar-refractivity contribution in [3.8, 4) is 0 Å². The number of piperidine rings is 1. The molecule has 22 heavy (non-hydrogen) atoms. The van der Waals surface area contributed by atoms with Crippen LogP contribution in [0.15, 0.2) is 12.1 Å². The number of ether oxygens (including phenoxy) is 1. The van der Waals surface area contributed by atoms with E-state index in [1.54, 1.807) is 0 Å². The van der Waals surface area contributed by atoms with Crippen LogP contribution in [0.4, 0.5) is 4.79 Å². The minimum Gasteiger partial charge on any atom is -0.444 e. The van der Waals surface area contributed by atoms with E-state index >= 15 is 0 Å². The molecule has 1 aliphatic rings. The number of nitrogens with zero attached hydrogens (tertiary/aromatic N) is 1. The van der Waals surface area contributed by atoms with Gasteiger partial charge in [0.1, 0.15) is 5.60 Å². The van der Waals surface area contributed by atoms with Crippen LogP contribution in [0.2, 0.25) is 5.02 Å². The van der Waals surface area contributed by atoms with Crippen LogP contribution in [0, 0.1) is 13.8 Å². The van der Waals surface area contributed by atoms with Crippen molar-refractivity contribution in [3.63, 3.8) is 0 Å². The summed E-state index contributed by atoms with van der Waals surface area (Å²) in [5.41, 5.74) is 3.17. The minimum atomic E-state index is -0.432. The van der Waals surface area contributed by atoms with Crippen LogP contribution in [0.25, 0.3) is 0 Å². The number of carbonyl (C=O) groups excluding carboxylic acids is 1. The van der Waals surface area contributed by atoms with Crippen LogP contribution in [0.3, 0.4) is 0 Å². The van der Waals surface area contributed by atoms with Gasteiger partial charge in [-0.2, -0.15) is 0 Å². The molecule has 1 amide bonds. The average Bonchev–Trinajstić information content (AvgIpc) is 2.42. The average molecular weight is 324 g/mol. The highest BCUT2D eigenvalue weighted by molar-refractivity contribution is 6.32. The Morgan fingerprint density at radius 3 is 2.14 bits per heavy atom. The number of amides is 1. The third-order valence-electron chi connectivity index (χ3n) is 4.08. The lowest BCUT2D eigenvalue weighted by atomic mass is 9.88. The molecule has 1 aliphatic heterocycles. The maximum absolute atomic E-state index is 12.1. The lowest BCUT2D eigenvalue weighted by Gasteiger charge is -2.33. The van der Waals surface area contributed by atoms with E-state index < -0.39 is 5.60 Å². The van der Waals surface area contributed by atoms with Crippen LogP contribution in [0.5, 0.6) is 0 Å². The van der Waals surface area contributed by atoms with Gasteiger partial charge in [0, 0.05) is 18.1 Å². The summed E-state index contributed by atoms with van der Waals surface area (Å²) in [6, 6.07) is 4.37. The molecule has 0 spiro atoms. The summed E-state index contributed by atoms with van der Waals surface area (Å²) in [5, 5.41) is 0.856. The highest BCUT2D eigenvalue weighted by atomic mass is 35.5. The molecule has 1 fully saturated rings. The summed E-state index contributed by atoms with van der Waals surface area (Å²) in [6.07, 6.45) is 1.74. The molecule has 0 aliphatic carbocycles. The zero-order valence-corrected chi connectivity index (χ0v) is 15.0. The molecule has 1 heterocycles. The molecule has 0 saturated carbocycles. The summed E-state index contributed by atoms with van der Waals surface area (Å²) in [7, 11) is 0. The summed E-state index contributed by atoms with van der Waals surface area (Å²) in [5.74, 6) is 0.494. The molecular formula is C18H26ClNO2. The lowest BCUT2D eigenvalue weighted by molar-refractivity contribution is 0.0205. The van der Waals surface area contributed by atoms with E-state index in [-0.39, 0.29) is 6.09 Å². The second kappa shape index (κ2) is 6.49. The Morgan fingerprint density at radius 2 is 1.68 bits per heavy atom. The van der Waals surface area contributed by atoms with Gasteiger partial charge in [-0.25, -0.2) is 4.79 Å². The number of likely N-dealkylation sites (tertiary alicyclic amines) is 1. The Hall–Kier alpha value is -1.22. The van der Waals surface area contributed by atoms with E-state index in [2.05, 4.69) is 26.0 Å². The van der Waals surface area contributed by atoms with Gasteiger partial charge in [0.15, 0.2) is 0 Å². The highest BCUT2D eigenvalue weighted by Crippen LogP contribution is 2.32. The van der Waals surface area contributed by atoms with E-state index in [1.165, 1.54) is 5.56 Å². The van der Waals surface area contributed by atoms with Crippen molar-refractivity contribution < 1.29 is 9.53 Å². The standard InChI is InChI=1S/C18H26ClNO2/c1-12-10-15(11-13(2)16(12)19)14-6-8-20(9-7-14)17(21)22-18(3,4)5/h10-11,14H,6-9H2,1-5H3. The first-order chi connectivity index (χ1) is 10.2. The second-order valence-electron chi connectivity index (χ2n) is 7.21. The first kappa shape index (κ1) is 17.1. The molecule has 0 aromatic heterocycles. The Labute approximate surface area is 138 Å². The molecule has 0 N–H and O–H groups in total. The van der Waals surface area contributed by atoms with Crippen LogP contribution in [0.1, 0.15) is 56.2 Å². The molecule has 0 bridgehead atoms. The van der Waals surface area contributed by atoms with Crippen LogP contribution in [-0.2, 0) is 4.74 Å². The zero-order valence-electron chi connectivity index (χ0n) is 14.2. The predicted molar refractivity (Wildman–Crippen MR) is 90.7 cm³/mol. The smallest absolute Gasteiger partial charge is 0.410 e. The Morgan fingerprint density at radius 1 is 1.18 bits per heavy atom. The van der Waals surface area contributed by atoms with Crippen LogP contribution in [-0.4, -0.2) is 29.7 Å². The lowest BCUT2D eigenvalue weighted by Crippen LogP contribution is -2.41. The van der Waals surface area contributed by atoms with Crippen LogP contribution >= 0.6 is 11.6 Å². The van der Waals surface area contributed by atoms with Gasteiger partial charge in [0.05, 0.1) is 0 Å². The first-order valence-corrected chi connectivity index (χ1v) is 8.30. The van der Waals surface area contributed by atoms with Gasteiger partial charge in [0.2, 0.25) is 0 Å². The van der Waals surface area contributed by atoms with Crippen molar-refractivity contribution in [2.24, 2.45) is 0 Å². The molecule has 3 nitrogen and oxygen atoms in total. The van der Waals surface area contributed by atoms with Crippen molar-refractivity contribution in [2.45, 2.75) is 59.0 Å². The zero-order chi connectivity index (χ0) is 16.5. The monoisotopic (exact) mass is 323 g/mol. The van der Waals surface area contributed by atoms with Gasteiger partial charge in [-0.1, -0.05) is 23.7 Å². The fourth-order valence-electron chi connectivity index (χ4n) is 2.94. The van der Waals surface area contributed by atoms with E-state index in [0.717, 1.165) is 42.1 Å². The van der Waals surface area contributed by atoms with Crippen molar-refractivity contribution in [1.82, 2.24) is 4.90 Å². The second-order valence-corrected chi connectivity index (χ2v) is 7.59. The minimum absolute atomic E-state index is 0.200. The fraction of sp³-hybridized carbons (Fsp3) is 0.611. The maximum Gasteiger partial charge on any atom is 0.410 e. The van der Waals surface area contributed by atoms with E-state index in [0.29, 0.717) is 5.92 Å². The van der Waals surface area contributed by atoms with Gasteiger partial charge < -0.3 is 9.64 Å². The van der Waals surface area contributed by atoms with Gasteiger partial charge in [-0.3, -0.25) is 0 Å². The largest absolute Gasteiger partial charge is 0.444 e. The molecule has 1 aromatic carbocycles. The number of hydrogen-bond donors (Lipinski definition) is 0. The van der Waals surface area contributed by atoms with Gasteiger partial charge in [-0.05, 0) is 70.1 Å². The quantitative estimate of drug-likeness (QED) is 0.722. The SMILES string of the molecule is Cc1cc(C2CCN(C(=O)OC(C)(C)C)CC2)cc(C)c1Cl. The van der Waals surface area contributed by atoms with Crippen molar-refractivity contribution in [3.05, 3.63) is 33.8 Å². The topological polar surface area (TPSA) is 29.5 Å². The summed E-state index contributed by atoms with van der Waals surface area (Å²) in [6.45, 7) is 11.3. The molecule has 0 atom stereocenters. The molecule has 1 aromatic rings. The maximum atomic E-state index is 12.1. The predicted octanol–water partition coefficient (Wildman–Crippen LogP) is 5.07. The molecule has 122 valence electrons. The molecule has 4 heteroatoms. The fourth-order valence-corrected chi connectivity index (χ4v) is 3.05. The van der Waals surface area contributed by atoms with E-state index in [9.17, 15) is 4.79 Å². The molecule has 2 rings (SSSR count). The van der Waals surface area contributed by atoms with Crippen LogP contribution < -0.4 is 0 Å². The molecule has 0 radical (unpaired) electrons. The van der Waals surface area contributed by atoms with Crippen molar-refractivity contribution in [2.75, 3.05) is 13.1 Å². The third kappa shape index (κ3) is 4.16. The summed E-state index contributed by atoms with van der Waals surface area (Å²) in [4.78, 5) is 13.9. The number of benzene rings is 1.